The molecule has 0 spiro atoms. The van der Waals surface area contributed by atoms with E-state index in [1.165, 1.54) is 17.3 Å². The van der Waals surface area contributed by atoms with Crippen LogP contribution in [0.1, 0.15) is 21.9 Å². The van der Waals surface area contributed by atoms with Crippen molar-refractivity contribution >= 4 is 21.8 Å². The highest BCUT2D eigenvalue weighted by molar-refractivity contribution is 7.99. The molecule has 4 aromatic rings. The van der Waals surface area contributed by atoms with Crippen LogP contribution in [-0.4, -0.2) is 35.2 Å². The van der Waals surface area contributed by atoms with Crippen molar-refractivity contribution in [1.82, 2.24) is 24.9 Å². The second-order valence-electron chi connectivity index (χ2n) is 7.32. The Morgan fingerprint density at radius 2 is 1.62 bits per heavy atom. The summed E-state index contributed by atoms with van der Waals surface area (Å²) in [5, 5.41) is 12.6. The molecule has 0 bridgehead atoms. The summed E-state index contributed by atoms with van der Waals surface area (Å²) in [6, 6.07) is 24.1. The summed E-state index contributed by atoms with van der Waals surface area (Å²) in [4.78, 5) is 0.233. The number of nitrogens with one attached hydrogen (secondary N) is 1. The number of benzene rings is 3. The monoisotopic (exact) mass is 465 g/mol. The van der Waals surface area contributed by atoms with Gasteiger partial charge in [-0.1, -0.05) is 66.4 Å². The summed E-state index contributed by atoms with van der Waals surface area (Å²) in [5.41, 5.74) is 4.16. The Bertz CT molecular complexity index is 1290. The van der Waals surface area contributed by atoms with Crippen LogP contribution in [0.25, 0.3) is 5.69 Å². The summed E-state index contributed by atoms with van der Waals surface area (Å²) < 4.78 is 29.9. The predicted octanol–water partition coefficient (Wildman–Crippen LogP) is 4.09. The molecule has 1 unspecified atom stereocenters. The molecule has 0 radical (unpaired) electrons. The van der Waals surface area contributed by atoms with E-state index in [0.717, 1.165) is 16.8 Å². The van der Waals surface area contributed by atoms with E-state index in [1.807, 2.05) is 55.5 Å². The number of tetrazole rings is 1. The van der Waals surface area contributed by atoms with Crippen molar-refractivity contribution in [1.29, 1.82) is 0 Å². The van der Waals surface area contributed by atoms with E-state index in [2.05, 4.69) is 27.2 Å². The molecular formula is C23H23N5O2S2. The average molecular weight is 466 g/mol. The van der Waals surface area contributed by atoms with E-state index < -0.39 is 10.0 Å². The van der Waals surface area contributed by atoms with Crippen molar-refractivity contribution in [3.63, 3.8) is 0 Å². The highest BCUT2D eigenvalue weighted by Gasteiger charge is 2.22. The summed E-state index contributed by atoms with van der Waals surface area (Å²) in [6.45, 7) is 4.28. The number of hydrogen-bond acceptors (Lipinski definition) is 6. The Balaban J connectivity index is 1.61. The van der Waals surface area contributed by atoms with E-state index in [1.54, 1.807) is 35.0 Å². The van der Waals surface area contributed by atoms with Crippen LogP contribution < -0.4 is 4.72 Å². The minimum absolute atomic E-state index is 0.186. The summed E-state index contributed by atoms with van der Waals surface area (Å²) in [6.07, 6.45) is 0. The van der Waals surface area contributed by atoms with Crippen LogP contribution in [0.15, 0.2) is 88.9 Å². The first kappa shape index (κ1) is 22.2. The number of hydrogen-bond donors (Lipinski definition) is 1. The van der Waals surface area contributed by atoms with Gasteiger partial charge in [0.15, 0.2) is 0 Å². The molecule has 0 amide bonds. The average Bonchev–Trinajstić information content (AvgIpc) is 3.28. The quantitative estimate of drug-likeness (QED) is 0.394. The normalized spacial score (nSPS) is 12.6. The van der Waals surface area contributed by atoms with Gasteiger partial charge in [0.1, 0.15) is 0 Å². The zero-order valence-corrected chi connectivity index (χ0v) is 19.3. The van der Waals surface area contributed by atoms with Gasteiger partial charge in [0.25, 0.3) is 0 Å². The first-order valence-electron chi connectivity index (χ1n) is 10.1. The van der Waals surface area contributed by atoms with Crippen LogP contribution in [0.4, 0.5) is 0 Å². The third-order valence-electron chi connectivity index (χ3n) is 5.11. The topological polar surface area (TPSA) is 89.8 Å². The van der Waals surface area contributed by atoms with Gasteiger partial charge >= 0.3 is 0 Å². The predicted molar refractivity (Wildman–Crippen MR) is 125 cm³/mol. The Kier molecular flexibility index (Phi) is 6.69. The van der Waals surface area contributed by atoms with Crippen LogP contribution in [0.2, 0.25) is 0 Å². The largest absolute Gasteiger partial charge is 0.240 e. The molecule has 1 atom stereocenters. The highest BCUT2D eigenvalue weighted by atomic mass is 32.2. The molecule has 4 rings (SSSR count). The van der Waals surface area contributed by atoms with Crippen molar-refractivity contribution in [3.8, 4) is 5.69 Å². The molecule has 0 saturated carbocycles. The Hall–Kier alpha value is -3.01. The Morgan fingerprint density at radius 3 is 2.31 bits per heavy atom. The fourth-order valence-electron chi connectivity index (χ4n) is 3.16. The van der Waals surface area contributed by atoms with Gasteiger partial charge in [-0.15, -0.1) is 5.10 Å². The van der Waals surface area contributed by atoms with Gasteiger partial charge in [-0.05, 0) is 65.2 Å². The minimum atomic E-state index is -3.64. The second kappa shape index (κ2) is 9.64. The molecule has 0 saturated heterocycles. The highest BCUT2D eigenvalue weighted by Crippen LogP contribution is 2.34. The van der Waals surface area contributed by atoms with Crippen molar-refractivity contribution < 1.29 is 8.42 Å². The number of aromatic nitrogens is 4. The zero-order chi connectivity index (χ0) is 22.6. The van der Waals surface area contributed by atoms with Gasteiger partial charge in [0.2, 0.25) is 15.2 Å². The maximum Gasteiger partial charge on any atom is 0.240 e. The number of aryl methyl sites for hydroxylation is 2. The lowest BCUT2D eigenvalue weighted by atomic mass is 10.1. The van der Waals surface area contributed by atoms with E-state index in [-0.39, 0.29) is 16.7 Å². The van der Waals surface area contributed by atoms with Crippen molar-refractivity contribution in [2.75, 3.05) is 6.54 Å². The maximum absolute atomic E-state index is 12.8. The Morgan fingerprint density at radius 1 is 0.938 bits per heavy atom. The molecule has 0 aliphatic carbocycles. The molecule has 0 fully saturated rings. The lowest BCUT2D eigenvalue weighted by molar-refractivity contribution is 0.581. The lowest BCUT2D eigenvalue weighted by Crippen LogP contribution is -2.27. The summed E-state index contributed by atoms with van der Waals surface area (Å²) >= 11 is 1.42. The summed E-state index contributed by atoms with van der Waals surface area (Å²) in [7, 11) is -3.64. The smallest absolute Gasteiger partial charge is 0.210 e. The standard InChI is InChI=1S/C23H23N5O2S2/c1-17-13-14-20(15-18(17)2)28-23(25-26-27-28)31-22(19-9-5-3-6-10-19)16-24-32(29,30)21-11-7-4-8-12-21/h3-15,22,24H,16H2,1-2H3. The summed E-state index contributed by atoms with van der Waals surface area (Å²) in [5.74, 6) is 0. The van der Waals surface area contributed by atoms with Gasteiger partial charge in [0.05, 0.1) is 15.8 Å². The van der Waals surface area contributed by atoms with Crippen molar-refractivity contribution in [3.05, 3.63) is 95.6 Å². The van der Waals surface area contributed by atoms with E-state index in [9.17, 15) is 8.42 Å². The van der Waals surface area contributed by atoms with Crippen LogP contribution >= 0.6 is 11.8 Å². The molecule has 1 N–H and O–H groups in total. The maximum atomic E-state index is 12.8. The van der Waals surface area contributed by atoms with Gasteiger partial charge in [-0.2, -0.15) is 4.68 Å². The van der Waals surface area contributed by atoms with Gasteiger partial charge in [0, 0.05) is 6.54 Å². The third-order valence-corrected chi connectivity index (χ3v) is 7.74. The minimum Gasteiger partial charge on any atom is -0.210 e. The molecular weight excluding hydrogens is 442 g/mol. The fourth-order valence-corrected chi connectivity index (χ4v) is 5.38. The zero-order valence-electron chi connectivity index (χ0n) is 17.7. The first-order chi connectivity index (χ1) is 15.4. The van der Waals surface area contributed by atoms with E-state index in [4.69, 9.17) is 0 Å². The van der Waals surface area contributed by atoms with Gasteiger partial charge < -0.3 is 0 Å². The van der Waals surface area contributed by atoms with Crippen LogP contribution in [-0.2, 0) is 10.0 Å². The van der Waals surface area contributed by atoms with E-state index in [0.29, 0.717) is 5.16 Å². The molecule has 1 heterocycles. The van der Waals surface area contributed by atoms with Crippen molar-refractivity contribution in [2.24, 2.45) is 0 Å². The second-order valence-corrected chi connectivity index (χ2v) is 10.3. The molecule has 9 heteroatoms. The molecule has 0 aliphatic rings. The fraction of sp³-hybridized carbons (Fsp3) is 0.174. The molecule has 7 nitrogen and oxygen atoms in total. The number of rotatable bonds is 8. The van der Waals surface area contributed by atoms with Crippen LogP contribution in [0.5, 0.6) is 0 Å². The molecule has 3 aromatic carbocycles. The lowest BCUT2D eigenvalue weighted by Gasteiger charge is -2.17. The molecule has 1 aromatic heterocycles. The number of sulfonamides is 1. The van der Waals surface area contributed by atoms with Crippen molar-refractivity contribution in [2.45, 2.75) is 29.1 Å². The molecule has 0 aliphatic heterocycles. The van der Waals surface area contributed by atoms with Gasteiger partial charge in [-0.25, -0.2) is 13.1 Å². The van der Waals surface area contributed by atoms with Gasteiger partial charge in [-0.3, -0.25) is 0 Å². The van der Waals surface area contributed by atoms with E-state index >= 15 is 0 Å². The number of thioether (sulfide) groups is 1. The van der Waals surface area contributed by atoms with Crippen LogP contribution in [0, 0.1) is 13.8 Å². The Labute approximate surface area is 191 Å². The van der Waals surface area contributed by atoms with Crippen LogP contribution in [0.3, 0.4) is 0 Å². The number of nitrogens with zero attached hydrogens (tertiary/aromatic N) is 4. The molecule has 32 heavy (non-hydrogen) atoms. The molecule has 164 valence electrons. The SMILES string of the molecule is Cc1ccc(-n2nnnc2SC(CNS(=O)(=O)c2ccccc2)c2ccccc2)cc1C. The third kappa shape index (κ3) is 5.07. The first-order valence-corrected chi connectivity index (χ1v) is 12.4.